The van der Waals surface area contributed by atoms with Gasteiger partial charge in [-0.15, -0.1) is 0 Å². The highest BCUT2D eigenvalue weighted by atomic mass is 19.4. The van der Waals surface area contributed by atoms with Crippen molar-refractivity contribution in [2.45, 2.75) is 50.1 Å². The predicted octanol–water partition coefficient (Wildman–Crippen LogP) is 1.90. The Morgan fingerprint density at radius 1 is 0.966 bits per heavy atom. The van der Waals surface area contributed by atoms with Crippen molar-refractivity contribution in [1.82, 2.24) is 0 Å². The first-order chi connectivity index (χ1) is 13.4. The van der Waals surface area contributed by atoms with Gasteiger partial charge in [0.25, 0.3) is 0 Å². The summed E-state index contributed by atoms with van der Waals surface area (Å²) in [5, 5.41) is 33.9. The Balaban J connectivity index is 0.000000956. The Kier molecular flexibility index (Phi) is 12.0. The molecule has 6 N–H and O–H groups in total. The van der Waals surface area contributed by atoms with Gasteiger partial charge in [-0.25, -0.2) is 4.79 Å². The first-order valence-corrected chi connectivity index (χ1v) is 8.75. The number of rotatable bonds is 11. The Bertz CT molecular complexity index is 617. The van der Waals surface area contributed by atoms with Crippen LogP contribution < -0.4 is 10.5 Å². The van der Waals surface area contributed by atoms with Gasteiger partial charge in [0.15, 0.2) is 0 Å². The molecule has 0 fully saturated rings. The quantitative estimate of drug-likeness (QED) is 0.268. The largest absolute Gasteiger partial charge is 0.494 e. The molecule has 0 aliphatic heterocycles. The van der Waals surface area contributed by atoms with Crippen LogP contribution in [0.5, 0.6) is 5.75 Å². The molecule has 0 aromatic heterocycles. The molecule has 1 unspecified atom stereocenters. The van der Waals surface area contributed by atoms with Gasteiger partial charge in [0.05, 0.1) is 6.61 Å². The van der Waals surface area contributed by atoms with Crippen LogP contribution in [0.4, 0.5) is 13.2 Å². The Morgan fingerprint density at radius 2 is 1.48 bits per heavy atom. The number of carboxylic acid groups (broad SMARTS) is 2. The van der Waals surface area contributed by atoms with Crippen LogP contribution in [-0.4, -0.2) is 57.6 Å². The van der Waals surface area contributed by atoms with E-state index in [9.17, 15) is 23.1 Å². The topological polar surface area (TPSA) is 150 Å². The van der Waals surface area contributed by atoms with E-state index >= 15 is 0 Å². The minimum Gasteiger partial charge on any atom is -0.494 e. The summed E-state index contributed by atoms with van der Waals surface area (Å²) in [6.07, 6.45) is -2.62. The highest BCUT2D eigenvalue weighted by Gasteiger charge is 2.38. The van der Waals surface area contributed by atoms with E-state index in [4.69, 9.17) is 30.4 Å². The van der Waals surface area contributed by atoms with Gasteiger partial charge < -0.3 is 30.7 Å². The molecule has 0 saturated heterocycles. The number of hydrogen-bond donors (Lipinski definition) is 5. The summed E-state index contributed by atoms with van der Waals surface area (Å²) < 4.78 is 37.3. The van der Waals surface area contributed by atoms with Gasteiger partial charge >= 0.3 is 25.2 Å². The van der Waals surface area contributed by atoms with Crippen LogP contribution in [0.25, 0.3) is 0 Å². The number of alkyl halides is 3. The number of carbonyl (C=O) groups is 2. The van der Waals surface area contributed by atoms with Crippen LogP contribution in [0.3, 0.4) is 0 Å². The number of carboxylic acids is 2. The normalized spacial score (nSPS) is 12.9. The lowest BCUT2D eigenvalue weighted by Crippen LogP contribution is -2.48. The average Bonchev–Trinajstić information content (AvgIpc) is 2.63. The van der Waals surface area contributed by atoms with Crippen LogP contribution in [0.1, 0.15) is 32.1 Å². The van der Waals surface area contributed by atoms with Gasteiger partial charge in [0.2, 0.25) is 0 Å². The third-order valence-electron chi connectivity index (χ3n) is 3.78. The number of ether oxygens (including phenoxy) is 1. The van der Waals surface area contributed by atoms with Crippen molar-refractivity contribution in [1.29, 1.82) is 0 Å². The van der Waals surface area contributed by atoms with Gasteiger partial charge in [-0.1, -0.05) is 31.0 Å². The van der Waals surface area contributed by atoms with E-state index in [-0.39, 0.29) is 6.32 Å². The summed E-state index contributed by atoms with van der Waals surface area (Å²) in [6.45, 7) is 0.408. The van der Waals surface area contributed by atoms with Crippen LogP contribution in [0, 0.1) is 0 Å². The Labute approximate surface area is 166 Å². The second-order valence-electron chi connectivity index (χ2n) is 6.26. The molecule has 0 radical (unpaired) electrons. The molecule has 0 aliphatic carbocycles. The molecule has 1 rings (SSSR count). The molecular formula is C17H25BF3NO7. The van der Waals surface area contributed by atoms with Gasteiger partial charge in [-0.05, 0) is 37.7 Å². The first kappa shape index (κ1) is 26.7. The Hall–Kier alpha value is -2.31. The molecule has 164 valence electrons. The molecule has 0 bridgehead atoms. The van der Waals surface area contributed by atoms with Crippen molar-refractivity contribution in [3.05, 3.63) is 30.3 Å². The van der Waals surface area contributed by atoms with Crippen LogP contribution in [0.15, 0.2) is 30.3 Å². The summed E-state index contributed by atoms with van der Waals surface area (Å²) in [7, 11) is -1.35. The van der Waals surface area contributed by atoms with Crippen LogP contribution in [0.2, 0.25) is 6.32 Å². The van der Waals surface area contributed by atoms with Crippen LogP contribution >= 0.6 is 0 Å². The number of unbranched alkanes of at least 4 members (excludes halogenated alkanes) is 1. The van der Waals surface area contributed by atoms with E-state index in [0.717, 1.165) is 5.75 Å². The summed E-state index contributed by atoms with van der Waals surface area (Å²) >= 11 is 0. The van der Waals surface area contributed by atoms with Crippen LogP contribution in [-0.2, 0) is 9.59 Å². The fourth-order valence-electron chi connectivity index (χ4n) is 2.20. The molecule has 0 amide bonds. The molecule has 0 saturated carbocycles. The molecule has 1 aromatic rings. The van der Waals surface area contributed by atoms with E-state index in [1.165, 1.54) is 0 Å². The second kappa shape index (κ2) is 13.0. The van der Waals surface area contributed by atoms with E-state index in [0.29, 0.717) is 38.7 Å². The van der Waals surface area contributed by atoms with Gasteiger partial charge in [-0.2, -0.15) is 13.2 Å². The molecule has 1 aromatic carbocycles. The lowest BCUT2D eigenvalue weighted by Gasteiger charge is -2.24. The monoisotopic (exact) mass is 423 g/mol. The summed E-state index contributed by atoms with van der Waals surface area (Å²) in [5.74, 6) is -3.04. The maximum atomic E-state index is 11.3. The molecule has 12 heteroatoms. The van der Waals surface area contributed by atoms with Gasteiger partial charge in [0.1, 0.15) is 11.3 Å². The van der Waals surface area contributed by atoms with Crippen molar-refractivity contribution in [2.75, 3.05) is 6.61 Å². The van der Waals surface area contributed by atoms with Crippen molar-refractivity contribution in [3.8, 4) is 5.75 Å². The highest BCUT2D eigenvalue weighted by Crippen LogP contribution is 2.20. The molecule has 0 spiro atoms. The number of hydrogen-bond acceptors (Lipinski definition) is 6. The smallest absolute Gasteiger partial charge is 0.490 e. The maximum absolute atomic E-state index is 11.3. The minimum atomic E-state index is -5.08. The fraction of sp³-hybridized carbons (Fsp3) is 0.529. The number of benzene rings is 1. The average molecular weight is 423 g/mol. The van der Waals surface area contributed by atoms with Gasteiger partial charge in [-0.3, -0.25) is 4.79 Å². The van der Waals surface area contributed by atoms with E-state index in [1.807, 2.05) is 30.3 Å². The SMILES string of the molecule is NC(CCCCB(O)O)(CCCOc1ccccc1)C(=O)O.O=C(O)C(F)(F)F. The standard InChI is InChI=1S/C15H24BNO5.C2HF3O2/c17-15(14(18)19,9-4-5-11-16(20)21)10-6-12-22-13-7-2-1-3-8-13;3-2(4,5)1(6)7/h1-3,7-8,20-21H,4-6,9-12,17H2,(H,18,19);(H,6,7). The second-order valence-corrected chi connectivity index (χ2v) is 6.26. The molecule has 0 heterocycles. The molecule has 1 atom stereocenters. The minimum absolute atomic E-state index is 0.229. The molecular weight excluding hydrogens is 398 g/mol. The highest BCUT2D eigenvalue weighted by molar-refractivity contribution is 6.40. The summed E-state index contributed by atoms with van der Waals surface area (Å²) in [6, 6.07) is 9.32. The molecule has 29 heavy (non-hydrogen) atoms. The molecule has 8 nitrogen and oxygen atoms in total. The number of para-hydroxylation sites is 1. The lowest BCUT2D eigenvalue weighted by atomic mass is 9.81. The van der Waals surface area contributed by atoms with Crippen molar-refractivity contribution in [2.24, 2.45) is 5.73 Å². The maximum Gasteiger partial charge on any atom is 0.490 e. The van der Waals surface area contributed by atoms with E-state index < -0.39 is 30.8 Å². The van der Waals surface area contributed by atoms with E-state index in [1.54, 1.807) is 0 Å². The van der Waals surface area contributed by atoms with Gasteiger partial charge in [0, 0.05) is 0 Å². The molecule has 0 aliphatic rings. The van der Waals surface area contributed by atoms with Crippen molar-refractivity contribution < 1.29 is 47.8 Å². The zero-order chi connectivity index (χ0) is 22.5. The Morgan fingerprint density at radius 3 is 1.93 bits per heavy atom. The fourth-order valence-corrected chi connectivity index (χ4v) is 2.20. The van der Waals surface area contributed by atoms with Crippen molar-refractivity contribution in [3.63, 3.8) is 0 Å². The van der Waals surface area contributed by atoms with E-state index in [2.05, 4.69) is 0 Å². The number of halogens is 3. The zero-order valence-corrected chi connectivity index (χ0v) is 15.6. The predicted molar refractivity (Wildman–Crippen MR) is 98.3 cm³/mol. The number of aliphatic carboxylic acids is 2. The lowest BCUT2D eigenvalue weighted by molar-refractivity contribution is -0.192. The first-order valence-electron chi connectivity index (χ1n) is 8.75. The zero-order valence-electron chi connectivity index (χ0n) is 15.6. The number of nitrogens with two attached hydrogens (primary N) is 1. The summed E-state index contributed by atoms with van der Waals surface area (Å²) in [4.78, 5) is 20.2. The summed E-state index contributed by atoms with van der Waals surface area (Å²) in [5.41, 5.74) is 4.67. The third-order valence-corrected chi connectivity index (χ3v) is 3.78. The third kappa shape index (κ3) is 12.7. The van der Waals surface area contributed by atoms with Crippen molar-refractivity contribution >= 4 is 19.1 Å².